The molecular formula is C15H28O. The van der Waals surface area contributed by atoms with Crippen molar-refractivity contribution >= 4 is 0 Å². The van der Waals surface area contributed by atoms with Gasteiger partial charge in [0.1, 0.15) is 0 Å². The van der Waals surface area contributed by atoms with Gasteiger partial charge in [0.05, 0.1) is 6.10 Å². The molecular weight excluding hydrogens is 196 g/mol. The summed E-state index contributed by atoms with van der Waals surface area (Å²) < 4.78 is 0. The second kappa shape index (κ2) is 6.05. The Labute approximate surface area is 101 Å². The number of aliphatic hydroxyl groups excluding tert-OH is 1. The van der Waals surface area contributed by atoms with Crippen molar-refractivity contribution in [2.24, 2.45) is 17.8 Å². The monoisotopic (exact) mass is 224 g/mol. The summed E-state index contributed by atoms with van der Waals surface area (Å²) in [7, 11) is 0. The van der Waals surface area contributed by atoms with E-state index in [4.69, 9.17) is 0 Å². The molecule has 2 fully saturated rings. The maximum atomic E-state index is 10.1. The first-order valence-electron chi connectivity index (χ1n) is 7.47. The molecule has 1 nitrogen and oxygen atoms in total. The minimum absolute atomic E-state index is 0.0776. The highest BCUT2D eigenvalue weighted by Gasteiger charge is 2.34. The molecule has 1 heteroatoms. The normalized spacial score (nSPS) is 27.2. The molecule has 0 bridgehead atoms. The zero-order chi connectivity index (χ0) is 11.4. The van der Waals surface area contributed by atoms with E-state index in [0.29, 0.717) is 5.92 Å². The molecule has 0 aromatic rings. The molecule has 2 saturated carbocycles. The molecule has 2 rings (SSSR count). The quantitative estimate of drug-likeness (QED) is 0.763. The Kier molecular flexibility index (Phi) is 4.69. The first kappa shape index (κ1) is 12.4. The first-order chi connectivity index (χ1) is 7.79. The van der Waals surface area contributed by atoms with Crippen molar-refractivity contribution in [1.29, 1.82) is 0 Å². The van der Waals surface area contributed by atoms with E-state index in [1.54, 1.807) is 0 Å². The van der Waals surface area contributed by atoms with E-state index in [9.17, 15) is 5.11 Å². The van der Waals surface area contributed by atoms with E-state index in [1.807, 2.05) is 6.92 Å². The number of hydrogen-bond acceptors (Lipinski definition) is 1. The molecule has 0 amide bonds. The van der Waals surface area contributed by atoms with Gasteiger partial charge in [0.25, 0.3) is 0 Å². The van der Waals surface area contributed by atoms with Crippen molar-refractivity contribution in [3.63, 3.8) is 0 Å². The van der Waals surface area contributed by atoms with E-state index < -0.39 is 0 Å². The van der Waals surface area contributed by atoms with Crippen LogP contribution in [0, 0.1) is 17.8 Å². The largest absolute Gasteiger partial charge is 0.393 e. The van der Waals surface area contributed by atoms with Gasteiger partial charge in [-0.2, -0.15) is 0 Å². The SMILES string of the molecule is CC(O)C(C1CCCCC1)C1CCCCC1. The molecule has 0 saturated heterocycles. The smallest absolute Gasteiger partial charge is 0.0545 e. The molecule has 94 valence electrons. The minimum Gasteiger partial charge on any atom is -0.393 e. The Morgan fingerprint density at radius 2 is 1.12 bits per heavy atom. The summed E-state index contributed by atoms with van der Waals surface area (Å²) in [5, 5.41) is 10.1. The third-order valence-electron chi connectivity index (χ3n) is 4.95. The summed E-state index contributed by atoms with van der Waals surface area (Å²) in [6.07, 6.45) is 13.9. The van der Waals surface area contributed by atoms with Crippen LogP contribution >= 0.6 is 0 Å². The maximum absolute atomic E-state index is 10.1. The van der Waals surface area contributed by atoms with Crippen molar-refractivity contribution < 1.29 is 5.11 Å². The summed E-state index contributed by atoms with van der Waals surface area (Å²) in [4.78, 5) is 0. The van der Waals surface area contributed by atoms with Crippen LogP contribution in [0.2, 0.25) is 0 Å². The van der Waals surface area contributed by atoms with Crippen molar-refractivity contribution in [3.8, 4) is 0 Å². The number of rotatable bonds is 3. The minimum atomic E-state index is -0.0776. The third-order valence-corrected chi connectivity index (χ3v) is 4.95. The molecule has 0 radical (unpaired) electrons. The van der Waals surface area contributed by atoms with Gasteiger partial charge in [-0.15, -0.1) is 0 Å². The third kappa shape index (κ3) is 3.00. The lowest BCUT2D eigenvalue weighted by molar-refractivity contribution is 0.0204. The van der Waals surface area contributed by atoms with E-state index in [0.717, 1.165) is 11.8 Å². The highest BCUT2D eigenvalue weighted by Crippen LogP contribution is 2.41. The molecule has 2 aliphatic carbocycles. The maximum Gasteiger partial charge on any atom is 0.0545 e. The molecule has 0 spiro atoms. The van der Waals surface area contributed by atoms with Crippen molar-refractivity contribution in [2.75, 3.05) is 0 Å². The Balaban J connectivity index is 1.96. The van der Waals surface area contributed by atoms with Gasteiger partial charge >= 0.3 is 0 Å². The molecule has 0 aromatic carbocycles. The molecule has 16 heavy (non-hydrogen) atoms. The fraction of sp³-hybridized carbons (Fsp3) is 1.00. The average Bonchev–Trinajstić information content (AvgIpc) is 2.31. The van der Waals surface area contributed by atoms with Gasteiger partial charge in [0, 0.05) is 0 Å². The van der Waals surface area contributed by atoms with Crippen LogP contribution in [0.1, 0.15) is 71.1 Å². The Bertz CT molecular complexity index is 170. The second-order valence-electron chi connectivity index (χ2n) is 6.11. The zero-order valence-electron chi connectivity index (χ0n) is 10.8. The fourth-order valence-electron chi connectivity index (χ4n) is 4.21. The fourth-order valence-corrected chi connectivity index (χ4v) is 4.21. The summed E-state index contributed by atoms with van der Waals surface area (Å²) >= 11 is 0. The van der Waals surface area contributed by atoms with Gasteiger partial charge < -0.3 is 5.11 Å². The van der Waals surface area contributed by atoms with E-state index >= 15 is 0 Å². The molecule has 0 aliphatic heterocycles. The predicted octanol–water partition coefficient (Wildman–Crippen LogP) is 4.14. The van der Waals surface area contributed by atoms with Gasteiger partial charge in [0.2, 0.25) is 0 Å². The second-order valence-corrected chi connectivity index (χ2v) is 6.11. The summed E-state index contributed by atoms with van der Waals surface area (Å²) in [5.74, 6) is 2.27. The van der Waals surface area contributed by atoms with Crippen LogP contribution in [0.5, 0.6) is 0 Å². The number of hydrogen-bond donors (Lipinski definition) is 1. The van der Waals surface area contributed by atoms with Crippen LogP contribution in [-0.4, -0.2) is 11.2 Å². The molecule has 1 atom stereocenters. The van der Waals surface area contributed by atoms with Gasteiger partial charge in [-0.3, -0.25) is 0 Å². The summed E-state index contributed by atoms with van der Waals surface area (Å²) in [5.41, 5.74) is 0. The lowest BCUT2D eigenvalue weighted by Crippen LogP contribution is -2.34. The highest BCUT2D eigenvalue weighted by molar-refractivity contribution is 4.84. The number of aliphatic hydroxyl groups is 1. The van der Waals surface area contributed by atoms with Crippen LogP contribution in [0.25, 0.3) is 0 Å². The topological polar surface area (TPSA) is 20.2 Å². The van der Waals surface area contributed by atoms with E-state index in [2.05, 4.69) is 0 Å². The lowest BCUT2D eigenvalue weighted by Gasteiger charge is -2.39. The van der Waals surface area contributed by atoms with Crippen LogP contribution in [0.15, 0.2) is 0 Å². The van der Waals surface area contributed by atoms with Crippen molar-refractivity contribution in [1.82, 2.24) is 0 Å². The van der Waals surface area contributed by atoms with Gasteiger partial charge in [-0.25, -0.2) is 0 Å². The van der Waals surface area contributed by atoms with E-state index in [-0.39, 0.29) is 6.10 Å². The first-order valence-corrected chi connectivity index (χ1v) is 7.47. The van der Waals surface area contributed by atoms with Gasteiger partial charge in [-0.05, 0) is 24.7 Å². The Hall–Kier alpha value is -0.0400. The van der Waals surface area contributed by atoms with Crippen LogP contribution in [0.3, 0.4) is 0 Å². The van der Waals surface area contributed by atoms with Crippen molar-refractivity contribution in [2.45, 2.75) is 77.2 Å². The highest BCUT2D eigenvalue weighted by atomic mass is 16.3. The molecule has 2 aliphatic rings. The predicted molar refractivity (Wildman–Crippen MR) is 68.3 cm³/mol. The van der Waals surface area contributed by atoms with E-state index in [1.165, 1.54) is 64.2 Å². The van der Waals surface area contributed by atoms with Crippen LogP contribution in [0.4, 0.5) is 0 Å². The lowest BCUT2D eigenvalue weighted by atomic mass is 9.68. The van der Waals surface area contributed by atoms with Crippen LogP contribution in [-0.2, 0) is 0 Å². The Morgan fingerprint density at radius 3 is 1.44 bits per heavy atom. The van der Waals surface area contributed by atoms with Gasteiger partial charge in [0.15, 0.2) is 0 Å². The molecule has 0 aromatic heterocycles. The summed E-state index contributed by atoms with van der Waals surface area (Å²) in [6, 6.07) is 0. The van der Waals surface area contributed by atoms with Crippen molar-refractivity contribution in [3.05, 3.63) is 0 Å². The summed E-state index contributed by atoms with van der Waals surface area (Å²) in [6.45, 7) is 2.04. The molecule has 1 unspecified atom stereocenters. The van der Waals surface area contributed by atoms with Gasteiger partial charge in [-0.1, -0.05) is 64.2 Å². The van der Waals surface area contributed by atoms with Crippen LogP contribution < -0.4 is 0 Å². The molecule has 0 heterocycles. The molecule has 1 N–H and O–H groups in total. The average molecular weight is 224 g/mol. The Morgan fingerprint density at radius 1 is 0.750 bits per heavy atom. The zero-order valence-corrected chi connectivity index (χ0v) is 10.8. The standard InChI is InChI=1S/C15H28O/c1-12(16)15(13-8-4-2-5-9-13)14-10-6-3-7-11-14/h12-16H,2-11H2,1H3.